The lowest BCUT2D eigenvalue weighted by Crippen LogP contribution is -2.11. The van der Waals surface area contributed by atoms with Crippen LogP contribution < -0.4 is 0 Å². The SMILES string of the molecule is CC(=O)C1=CC(C)OC(C)=C1. The van der Waals surface area contributed by atoms with Crippen LogP contribution in [0.2, 0.25) is 0 Å². The number of hydrogen-bond acceptors (Lipinski definition) is 2. The predicted molar refractivity (Wildman–Crippen MR) is 43.1 cm³/mol. The predicted octanol–water partition coefficient (Wildman–Crippen LogP) is 1.82. The van der Waals surface area contributed by atoms with Gasteiger partial charge in [0.15, 0.2) is 5.78 Å². The fourth-order valence-corrected chi connectivity index (χ4v) is 1.10. The molecule has 1 atom stereocenters. The number of ether oxygens (including phenoxy) is 1. The van der Waals surface area contributed by atoms with Gasteiger partial charge in [-0.25, -0.2) is 0 Å². The molecule has 0 aromatic rings. The quantitative estimate of drug-likeness (QED) is 0.573. The fraction of sp³-hybridized carbons (Fsp3) is 0.444. The molecule has 2 nitrogen and oxygen atoms in total. The number of carbonyl (C=O) groups is 1. The first-order valence-corrected chi connectivity index (χ1v) is 3.67. The lowest BCUT2D eigenvalue weighted by molar-refractivity contribution is -0.113. The first kappa shape index (κ1) is 8.05. The van der Waals surface area contributed by atoms with E-state index in [0.29, 0.717) is 0 Å². The third-order valence-electron chi connectivity index (χ3n) is 1.55. The highest BCUT2D eigenvalue weighted by molar-refractivity contribution is 5.96. The monoisotopic (exact) mass is 152 g/mol. The minimum atomic E-state index is 0.0268. The van der Waals surface area contributed by atoms with E-state index in [-0.39, 0.29) is 11.9 Å². The molecule has 0 saturated heterocycles. The average molecular weight is 152 g/mol. The van der Waals surface area contributed by atoms with Crippen LogP contribution in [0, 0.1) is 0 Å². The van der Waals surface area contributed by atoms with Gasteiger partial charge < -0.3 is 4.74 Å². The molecule has 0 saturated carbocycles. The van der Waals surface area contributed by atoms with E-state index in [1.54, 1.807) is 13.0 Å². The van der Waals surface area contributed by atoms with Gasteiger partial charge in [0, 0.05) is 5.57 Å². The van der Waals surface area contributed by atoms with Gasteiger partial charge in [0.05, 0.1) is 5.76 Å². The molecule has 1 heterocycles. The second kappa shape index (κ2) is 2.91. The van der Waals surface area contributed by atoms with Crippen LogP contribution in [0.5, 0.6) is 0 Å². The van der Waals surface area contributed by atoms with Crippen molar-refractivity contribution in [2.75, 3.05) is 0 Å². The first-order chi connectivity index (χ1) is 5.09. The van der Waals surface area contributed by atoms with Crippen LogP contribution in [0.1, 0.15) is 20.8 Å². The Morgan fingerprint density at radius 2 is 2.27 bits per heavy atom. The molecule has 0 aliphatic carbocycles. The number of hydrogen-bond donors (Lipinski definition) is 0. The molecular formula is C9H12O2. The van der Waals surface area contributed by atoms with Crippen LogP contribution in [0.3, 0.4) is 0 Å². The lowest BCUT2D eigenvalue weighted by Gasteiger charge is -2.17. The second-order valence-corrected chi connectivity index (χ2v) is 2.76. The minimum absolute atomic E-state index is 0.0268. The summed E-state index contributed by atoms with van der Waals surface area (Å²) in [6.45, 7) is 5.33. The van der Waals surface area contributed by atoms with Crippen LogP contribution in [-0.4, -0.2) is 11.9 Å². The van der Waals surface area contributed by atoms with Gasteiger partial charge in [0.1, 0.15) is 6.10 Å². The third kappa shape index (κ3) is 1.93. The number of allylic oxidation sites excluding steroid dienone is 3. The van der Waals surface area contributed by atoms with E-state index in [0.717, 1.165) is 11.3 Å². The number of Topliss-reactive ketones (excluding diaryl/α,β-unsaturated/α-hetero) is 1. The van der Waals surface area contributed by atoms with Gasteiger partial charge in [-0.3, -0.25) is 4.79 Å². The van der Waals surface area contributed by atoms with Crippen molar-refractivity contribution in [3.8, 4) is 0 Å². The molecule has 0 aromatic carbocycles. The molecular weight excluding hydrogens is 140 g/mol. The Morgan fingerprint density at radius 3 is 2.73 bits per heavy atom. The minimum Gasteiger partial charge on any atom is -0.491 e. The Balaban J connectivity index is 2.87. The zero-order chi connectivity index (χ0) is 8.43. The molecule has 2 heteroatoms. The summed E-state index contributed by atoms with van der Waals surface area (Å²) < 4.78 is 5.30. The maximum absolute atomic E-state index is 10.9. The van der Waals surface area contributed by atoms with E-state index in [9.17, 15) is 4.79 Å². The molecule has 1 rings (SSSR count). The normalized spacial score (nSPS) is 23.4. The highest BCUT2D eigenvalue weighted by Gasteiger charge is 2.11. The summed E-state index contributed by atoms with van der Waals surface area (Å²) >= 11 is 0. The van der Waals surface area contributed by atoms with Crippen LogP contribution in [-0.2, 0) is 9.53 Å². The Hall–Kier alpha value is -1.05. The van der Waals surface area contributed by atoms with E-state index in [4.69, 9.17) is 4.74 Å². The largest absolute Gasteiger partial charge is 0.491 e. The molecule has 0 bridgehead atoms. The molecule has 0 fully saturated rings. The molecule has 1 aliphatic heterocycles. The van der Waals surface area contributed by atoms with Crippen molar-refractivity contribution in [1.82, 2.24) is 0 Å². The molecule has 0 spiro atoms. The standard InChI is InChI=1S/C9H12O2/c1-6-4-9(8(3)10)5-7(2)11-6/h4-6H,1-3H3. The first-order valence-electron chi connectivity index (χ1n) is 3.67. The van der Waals surface area contributed by atoms with E-state index >= 15 is 0 Å². The van der Waals surface area contributed by atoms with E-state index in [1.807, 2.05) is 19.9 Å². The molecule has 0 aromatic heterocycles. The molecule has 1 unspecified atom stereocenters. The summed E-state index contributed by atoms with van der Waals surface area (Å²) in [5.74, 6) is 0.907. The average Bonchev–Trinajstić information content (AvgIpc) is 1.85. The summed E-state index contributed by atoms with van der Waals surface area (Å²) in [6, 6.07) is 0. The highest BCUT2D eigenvalue weighted by Crippen LogP contribution is 2.15. The second-order valence-electron chi connectivity index (χ2n) is 2.76. The number of ketones is 1. The fourth-order valence-electron chi connectivity index (χ4n) is 1.10. The van der Waals surface area contributed by atoms with E-state index in [1.165, 1.54) is 0 Å². The van der Waals surface area contributed by atoms with Crippen molar-refractivity contribution < 1.29 is 9.53 Å². The number of carbonyl (C=O) groups excluding carboxylic acids is 1. The van der Waals surface area contributed by atoms with Gasteiger partial charge in [0.25, 0.3) is 0 Å². The summed E-state index contributed by atoms with van der Waals surface area (Å²) in [7, 11) is 0. The molecule has 0 amide bonds. The van der Waals surface area contributed by atoms with E-state index < -0.39 is 0 Å². The van der Waals surface area contributed by atoms with Gasteiger partial charge >= 0.3 is 0 Å². The molecule has 1 aliphatic rings. The summed E-state index contributed by atoms with van der Waals surface area (Å²) in [5.41, 5.74) is 0.751. The maximum atomic E-state index is 10.9. The van der Waals surface area contributed by atoms with Crippen molar-refractivity contribution in [3.05, 3.63) is 23.5 Å². The zero-order valence-electron chi connectivity index (χ0n) is 7.05. The zero-order valence-corrected chi connectivity index (χ0v) is 7.05. The lowest BCUT2D eigenvalue weighted by atomic mass is 10.1. The molecule has 11 heavy (non-hydrogen) atoms. The Morgan fingerprint density at radius 1 is 1.64 bits per heavy atom. The van der Waals surface area contributed by atoms with Gasteiger partial charge in [-0.2, -0.15) is 0 Å². The Kier molecular flexibility index (Phi) is 2.13. The van der Waals surface area contributed by atoms with Crippen LogP contribution in [0.4, 0.5) is 0 Å². The molecule has 0 N–H and O–H groups in total. The summed E-state index contributed by atoms with van der Waals surface area (Å²) in [5, 5.41) is 0. The van der Waals surface area contributed by atoms with Crippen molar-refractivity contribution in [2.45, 2.75) is 26.9 Å². The highest BCUT2D eigenvalue weighted by atomic mass is 16.5. The third-order valence-corrected chi connectivity index (χ3v) is 1.55. The summed E-state index contributed by atoms with van der Waals surface area (Å²) in [4.78, 5) is 10.9. The Labute approximate surface area is 66.5 Å². The van der Waals surface area contributed by atoms with Crippen molar-refractivity contribution in [2.24, 2.45) is 0 Å². The Bertz CT molecular complexity index is 236. The molecule has 0 radical (unpaired) electrons. The van der Waals surface area contributed by atoms with Gasteiger partial charge in [0.2, 0.25) is 0 Å². The molecule has 60 valence electrons. The number of rotatable bonds is 1. The van der Waals surface area contributed by atoms with Crippen molar-refractivity contribution >= 4 is 5.78 Å². The van der Waals surface area contributed by atoms with Gasteiger partial charge in [-0.1, -0.05) is 0 Å². The van der Waals surface area contributed by atoms with Gasteiger partial charge in [-0.05, 0) is 32.9 Å². The van der Waals surface area contributed by atoms with Crippen molar-refractivity contribution in [1.29, 1.82) is 0 Å². The topological polar surface area (TPSA) is 26.3 Å². The van der Waals surface area contributed by atoms with Crippen LogP contribution >= 0.6 is 0 Å². The van der Waals surface area contributed by atoms with E-state index in [2.05, 4.69) is 0 Å². The van der Waals surface area contributed by atoms with Crippen LogP contribution in [0.25, 0.3) is 0 Å². The van der Waals surface area contributed by atoms with Crippen molar-refractivity contribution in [3.63, 3.8) is 0 Å². The van der Waals surface area contributed by atoms with Gasteiger partial charge in [-0.15, -0.1) is 0 Å². The smallest absolute Gasteiger partial charge is 0.159 e. The maximum Gasteiger partial charge on any atom is 0.159 e. The summed E-state index contributed by atoms with van der Waals surface area (Å²) in [6.07, 6.45) is 3.62. The van der Waals surface area contributed by atoms with Crippen LogP contribution in [0.15, 0.2) is 23.5 Å².